The molecule has 64 valence electrons. The van der Waals surface area contributed by atoms with Crippen LogP contribution in [0.4, 0.5) is 8.78 Å². The van der Waals surface area contributed by atoms with Crippen LogP contribution in [0.25, 0.3) is 0 Å². The molecule has 2 aliphatic rings. The highest BCUT2D eigenvalue weighted by Gasteiger charge is 2.42. The van der Waals surface area contributed by atoms with Gasteiger partial charge in [-0.3, -0.25) is 4.90 Å². The first-order valence-corrected chi connectivity index (χ1v) is 4.29. The van der Waals surface area contributed by atoms with Crippen molar-refractivity contribution in [1.29, 1.82) is 0 Å². The minimum Gasteiger partial charge on any atom is -0.294 e. The average molecular weight is 161 g/mol. The maximum atomic E-state index is 11.9. The normalized spacial score (nSPS) is 37.4. The zero-order chi connectivity index (χ0) is 7.84. The molecule has 1 aliphatic carbocycles. The molecule has 2 unspecified atom stereocenters. The molecule has 0 N–H and O–H groups in total. The molecule has 0 aromatic heterocycles. The summed E-state index contributed by atoms with van der Waals surface area (Å²) in [5, 5.41) is 0. The van der Waals surface area contributed by atoms with Gasteiger partial charge in [-0.1, -0.05) is 6.42 Å². The molecule has 1 saturated heterocycles. The van der Waals surface area contributed by atoms with E-state index in [0.717, 1.165) is 18.9 Å². The smallest absolute Gasteiger partial charge is 0.251 e. The first kappa shape index (κ1) is 7.47. The number of nitrogens with zero attached hydrogens (tertiary/aromatic N) is 1. The fourth-order valence-electron chi connectivity index (χ4n) is 2.40. The summed E-state index contributed by atoms with van der Waals surface area (Å²) in [6, 6.07) is 0.518. The van der Waals surface area contributed by atoms with Crippen molar-refractivity contribution in [3.63, 3.8) is 0 Å². The first-order chi connectivity index (χ1) is 5.27. The van der Waals surface area contributed by atoms with Crippen LogP contribution < -0.4 is 0 Å². The molecule has 2 fully saturated rings. The molecule has 1 saturated carbocycles. The van der Waals surface area contributed by atoms with Gasteiger partial charge < -0.3 is 0 Å². The van der Waals surface area contributed by atoms with E-state index in [9.17, 15) is 8.78 Å². The molecule has 0 radical (unpaired) electrons. The minimum atomic E-state index is -2.14. The largest absolute Gasteiger partial charge is 0.294 e. The lowest BCUT2D eigenvalue weighted by atomic mass is 9.92. The Kier molecular flexibility index (Phi) is 1.83. The Morgan fingerprint density at radius 1 is 1.36 bits per heavy atom. The van der Waals surface area contributed by atoms with Crippen LogP contribution in [-0.4, -0.2) is 30.5 Å². The Bertz CT molecular complexity index is 149. The number of alkyl halides is 2. The molecule has 11 heavy (non-hydrogen) atoms. The highest BCUT2D eigenvalue weighted by molar-refractivity contribution is 4.95. The molecule has 0 spiro atoms. The monoisotopic (exact) mass is 161 g/mol. The molecule has 2 atom stereocenters. The SMILES string of the molecule is FC(F)CN1CC2CCCC21. The topological polar surface area (TPSA) is 3.24 Å². The number of likely N-dealkylation sites (tertiary alicyclic amines) is 1. The fourth-order valence-corrected chi connectivity index (χ4v) is 2.40. The average Bonchev–Trinajstić information content (AvgIpc) is 2.26. The van der Waals surface area contributed by atoms with E-state index < -0.39 is 6.43 Å². The second-order valence-corrected chi connectivity index (χ2v) is 3.60. The summed E-state index contributed by atoms with van der Waals surface area (Å²) in [7, 11) is 0. The molecule has 0 bridgehead atoms. The van der Waals surface area contributed by atoms with Crippen molar-refractivity contribution in [2.45, 2.75) is 31.7 Å². The van der Waals surface area contributed by atoms with Crippen LogP contribution in [0.15, 0.2) is 0 Å². The summed E-state index contributed by atoms with van der Waals surface area (Å²) in [6.45, 7) is 0.927. The summed E-state index contributed by atoms with van der Waals surface area (Å²) < 4.78 is 23.8. The van der Waals surface area contributed by atoms with Gasteiger partial charge in [0.1, 0.15) is 0 Å². The number of hydrogen-bond acceptors (Lipinski definition) is 1. The third-order valence-corrected chi connectivity index (χ3v) is 2.93. The Balaban J connectivity index is 1.81. The summed E-state index contributed by atoms with van der Waals surface area (Å²) in [5.74, 6) is 0.758. The van der Waals surface area contributed by atoms with E-state index >= 15 is 0 Å². The summed E-state index contributed by atoms with van der Waals surface area (Å²) in [5.41, 5.74) is 0. The molecule has 0 amide bonds. The van der Waals surface area contributed by atoms with E-state index in [1.54, 1.807) is 0 Å². The van der Waals surface area contributed by atoms with Crippen LogP contribution in [0.2, 0.25) is 0 Å². The van der Waals surface area contributed by atoms with Crippen LogP contribution in [0.3, 0.4) is 0 Å². The third kappa shape index (κ3) is 1.26. The number of fused-ring (bicyclic) bond motifs is 1. The van der Waals surface area contributed by atoms with Crippen LogP contribution in [0, 0.1) is 5.92 Å². The minimum absolute atomic E-state index is 0.00116. The molecular weight excluding hydrogens is 148 g/mol. The molecular formula is C8H13F2N. The Labute approximate surface area is 65.4 Å². The van der Waals surface area contributed by atoms with Gasteiger partial charge in [-0.15, -0.1) is 0 Å². The molecule has 2 rings (SSSR count). The van der Waals surface area contributed by atoms with Gasteiger partial charge in [-0.2, -0.15) is 0 Å². The standard InChI is InChI=1S/C8H13F2N/c9-8(10)5-11-4-6-2-1-3-7(6)11/h6-8H,1-5H2. The Morgan fingerprint density at radius 2 is 2.18 bits per heavy atom. The maximum Gasteiger partial charge on any atom is 0.251 e. The number of halogens is 2. The lowest BCUT2D eigenvalue weighted by Crippen LogP contribution is -2.54. The summed E-state index contributed by atoms with van der Waals surface area (Å²) in [6.07, 6.45) is 1.52. The fraction of sp³-hybridized carbons (Fsp3) is 1.00. The van der Waals surface area contributed by atoms with Gasteiger partial charge >= 0.3 is 0 Å². The van der Waals surface area contributed by atoms with Gasteiger partial charge in [0.25, 0.3) is 6.43 Å². The van der Waals surface area contributed by atoms with Gasteiger partial charge in [0.05, 0.1) is 6.54 Å². The van der Waals surface area contributed by atoms with E-state index in [2.05, 4.69) is 0 Å². The van der Waals surface area contributed by atoms with Crippen molar-refractivity contribution < 1.29 is 8.78 Å². The zero-order valence-corrected chi connectivity index (χ0v) is 6.47. The van der Waals surface area contributed by atoms with Crippen molar-refractivity contribution in [3.8, 4) is 0 Å². The predicted octanol–water partition coefficient (Wildman–Crippen LogP) is 1.74. The van der Waals surface area contributed by atoms with Crippen LogP contribution in [-0.2, 0) is 0 Å². The van der Waals surface area contributed by atoms with Crippen molar-refractivity contribution in [2.75, 3.05) is 13.1 Å². The van der Waals surface area contributed by atoms with Crippen molar-refractivity contribution >= 4 is 0 Å². The molecule has 1 aliphatic heterocycles. The second-order valence-electron chi connectivity index (χ2n) is 3.60. The van der Waals surface area contributed by atoms with Gasteiger partial charge in [0.15, 0.2) is 0 Å². The van der Waals surface area contributed by atoms with Crippen LogP contribution in [0.5, 0.6) is 0 Å². The Morgan fingerprint density at radius 3 is 2.82 bits per heavy atom. The highest BCUT2D eigenvalue weighted by Crippen LogP contribution is 2.38. The Hall–Kier alpha value is -0.180. The second kappa shape index (κ2) is 2.70. The van der Waals surface area contributed by atoms with Gasteiger partial charge in [-0.25, -0.2) is 8.78 Å². The van der Waals surface area contributed by atoms with Crippen molar-refractivity contribution in [2.24, 2.45) is 5.92 Å². The van der Waals surface area contributed by atoms with Crippen LogP contribution >= 0.6 is 0 Å². The van der Waals surface area contributed by atoms with Crippen molar-refractivity contribution in [1.82, 2.24) is 4.90 Å². The molecule has 1 nitrogen and oxygen atoms in total. The number of hydrogen-bond donors (Lipinski definition) is 0. The van der Waals surface area contributed by atoms with Crippen molar-refractivity contribution in [3.05, 3.63) is 0 Å². The summed E-state index contributed by atoms with van der Waals surface area (Å²) in [4.78, 5) is 1.93. The maximum absolute atomic E-state index is 11.9. The van der Waals surface area contributed by atoms with E-state index in [1.807, 2.05) is 4.90 Å². The van der Waals surface area contributed by atoms with Gasteiger partial charge in [-0.05, 0) is 18.8 Å². The lowest BCUT2D eigenvalue weighted by Gasteiger charge is -2.44. The number of rotatable bonds is 2. The molecule has 1 heterocycles. The summed E-state index contributed by atoms with van der Waals surface area (Å²) >= 11 is 0. The first-order valence-electron chi connectivity index (χ1n) is 4.29. The third-order valence-electron chi connectivity index (χ3n) is 2.93. The van der Waals surface area contributed by atoms with E-state index in [1.165, 1.54) is 12.8 Å². The predicted molar refractivity (Wildman–Crippen MR) is 38.7 cm³/mol. The quantitative estimate of drug-likeness (QED) is 0.596. The van der Waals surface area contributed by atoms with Gasteiger partial charge in [0, 0.05) is 12.6 Å². The van der Waals surface area contributed by atoms with E-state index in [-0.39, 0.29) is 6.54 Å². The lowest BCUT2D eigenvalue weighted by molar-refractivity contribution is -0.0139. The van der Waals surface area contributed by atoms with E-state index in [0.29, 0.717) is 6.04 Å². The molecule has 3 heteroatoms. The molecule has 0 aromatic carbocycles. The van der Waals surface area contributed by atoms with Crippen LogP contribution in [0.1, 0.15) is 19.3 Å². The zero-order valence-electron chi connectivity index (χ0n) is 6.47. The highest BCUT2D eigenvalue weighted by atomic mass is 19.3. The van der Waals surface area contributed by atoms with Gasteiger partial charge in [0.2, 0.25) is 0 Å². The van der Waals surface area contributed by atoms with E-state index in [4.69, 9.17) is 0 Å². The molecule has 0 aromatic rings.